The molecule has 0 unspecified atom stereocenters. The summed E-state index contributed by atoms with van der Waals surface area (Å²) in [6, 6.07) is 0. The lowest BCUT2D eigenvalue weighted by Crippen LogP contribution is -2.21. The van der Waals surface area contributed by atoms with Gasteiger partial charge in [-0.15, -0.1) is 0 Å². The van der Waals surface area contributed by atoms with Crippen molar-refractivity contribution in [3.8, 4) is 0 Å². The normalized spacial score (nSPS) is 13.2. The molecule has 0 heterocycles. The molecule has 0 aliphatic rings. The number of allylic oxidation sites excluding steroid dienone is 3. The van der Waals surface area contributed by atoms with Gasteiger partial charge in [-0.2, -0.15) is 0 Å². The van der Waals surface area contributed by atoms with Crippen molar-refractivity contribution >= 4 is 5.97 Å². The molecule has 0 aliphatic heterocycles. The van der Waals surface area contributed by atoms with Gasteiger partial charge in [0.1, 0.15) is 6.10 Å². The molecule has 0 aromatic carbocycles. The summed E-state index contributed by atoms with van der Waals surface area (Å²) in [5.74, 6) is -0.984. The quantitative estimate of drug-likeness (QED) is 0.215. The van der Waals surface area contributed by atoms with Crippen LogP contribution in [0, 0.1) is 0 Å². The summed E-state index contributed by atoms with van der Waals surface area (Å²) in [6.07, 6.45) is 18.0. The van der Waals surface area contributed by atoms with Gasteiger partial charge < -0.3 is 9.90 Å². The molecule has 4 heteroatoms. The predicted octanol–water partition coefficient (Wildman–Crippen LogP) is 4.02. The van der Waals surface area contributed by atoms with E-state index in [0.29, 0.717) is 6.42 Å². The molecule has 1 N–H and O–H groups in total. The molecule has 0 radical (unpaired) electrons. The second-order valence-corrected chi connectivity index (χ2v) is 5.60. The average Bonchev–Trinajstić information content (AvgIpc) is 2.50. The van der Waals surface area contributed by atoms with Crippen LogP contribution < -0.4 is 5.11 Å². The SMILES string of the molecule is CCCCC/C=C\C/C=C\[C@@H](CCCCCCC(=O)[O-])OO. The number of carbonyl (C=O) groups excluding carboxylic acids is 1. The summed E-state index contributed by atoms with van der Waals surface area (Å²) in [6.45, 7) is 2.20. The van der Waals surface area contributed by atoms with Crippen molar-refractivity contribution in [3.05, 3.63) is 24.3 Å². The molecule has 0 rings (SSSR count). The Balaban J connectivity index is 3.60. The standard InChI is InChI=1S/C18H32O4/c1-2-3-4-5-6-7-8-11-14-17(22-21)15-12-9-10-13-16-18(19)20/h6-7,11,14,17,21H,2-5,8-10,12-13,15-16H2,1H3,(H,19,20)/p-1/b7-6-,14-11-/t17-/m0/s1. The Hall–Kier alpha value is -1.13. The van der Waals surface area contributed by atoms with Crippen LogP contribution in [0.25, 0.3) is 0 Å². The Morgan fingerprint density at radius 3 is 2.55 bits per heavy atom. The first-order valence-corrected chi connectivity index (χ1v) is 8.52. The third-order valence-corrected chi connectivity index (χ3v) is 3.52. The van der Waals surface area contributed by atoms with Crippen LogP contribution in [0.15, 0.2) is 24.3 Å². The Morgan fingerprint density at radius 1 is 1.09 bits per heavy atom. The second kappa shape index (κ2) is 16.2. The number of hydrogen-bond acceptors (Lipinski definition) is 4. The molecular weight excluding hydrogens is 280 g/mol. The van der Waals surface area contributed by atoms with E-state index in [2.05, 4.69) is 24.0 Å². The van der Waals surface area contributed by atoms with Gasteiger partial charge in [-0.05, 0) is 38.5 Å². The summed E-state index contributed by atoms with van der Waals surface area (Å²) < 4.78 is 0. The highest BCUT2D eigenvalue weighted by atomic mass is 17.1. The zero-order chi connectivity index (χ0) is 16.5. The topological polar surface area (TPSA) is 69.6 Å². The predicted molar refractivity (Wildman–Crippen MR) is 87.2 cm³/mol. The zero-order valence-electron chi connectivity index (χ0n) is 13.8. The minimum atomic E-state index is -0.984. The minimum absolute atomic E-state index is 0.129. The van der Waals surface area contributed by atoms with Crippen molar-refractivity contribution in [2.24, 2.45) is 0 Å². The van der Waals surface area contributed by atoms with Crippen LogP contribution in [0.3, 0.4) is 0 Å². The van der Waals surface area contributed by atoms with Gasteiger partial charge in [0.2, 0.25) is 0 Å². The monoisotopic (exact) mass is 311 g/mol. The van der Waals surface area contributed by atoms with Crippen molar-refractivity contribution in [2.45, 2.75) is 83.7 Å². The first-order valence-electron chi connectivity index (χ1n) is 8.52. The van der Waals surface area contributed by atoms with Crippen LogP contribution in [0.1, 0.15) is 77.6 Å². The van der Waals surface area contributed by atoms with E-state index < -0.39 is 5.97 Å². The third-order valence-electron chi connectivity index (χ3n) is 3.52. The number of rotatable bonds is 15. The number of unbranched alkanes of at least 4 members (excludes halogenated alkanes) is 6. The number of carboxylic acids is 1. The van der Waals surface area contributed by atoms with E-state index in [1.54, 1.807) is 0 Å². The highest BCUT2D eigenvalue weighted by Crippen LogP contribution is 2.10. The Bertz CT molecular complexity index is 310. The van der Waals surface area contributed by atoms with Crippen molar-refractivity contribution in [1.82, 2.24) is 0 Å². The van der Waals surface area contributed by atoms with Crippen LogP contribution in [-0.2, 0) is 9.68 Å². The van der Waals surface area contributed by atoms with Crippen LogP contribution in [0.4, 0.5) is 0 Å². The van der Waals surface area contributed by atoms with E-state index >= 15 is 0 Å². The molecule has 0 aliphatic carbocycles. The van der Waals surface area contributed by atoms with Crippen LogP contribution in [0.2, 0.25) is 0 Å². The highest BCUT2D eigenvalue weighted by Gasteiger charge is 2.03. The lowest BCUT2D eigenvalue weighted by atomic mass is 10.1. The zero-order valence-corrected chi connectivity index (χ0v) is 13.8. The fraction of sp³-hybridized carbons (Fsp3) is 0.722. The van der Waals surface area contributed by atoms with E-state index in [4.69, 9.17) is 5.26 Å². The molecule has 22 heavy (non-hydrogen) atoms. The molecule has 1 atom stereocenters. The molecule has 0 aromatic rings. The summed E-state index contributed by atoms with van der Waals surface area (Å²) in [7, 11) is 0. The van der Waals surface area contributed by atoms with E-state index in [1.165, 1.54) is 19.3 Å². The summed E-state index contributed by atoms with van der Waals surface area (Å²) >= 11 is 0. The lowest BCUT2D eigenvalue weighted by molar-refractivity contribution is -0.305. The Morgan fingerprint density at radius 2 is 1.86 bits per heavy atom. The smallest absolute Gasteiger partial charge is 0.111 e. The molecule has 0 saturated heterocycles. The molecule has 0 saturated carbocycles. The van der Waals surface area contributed by atoms with Gasteiger partial charge in [0.15, 0.2) is 0 Å². The third kappa shape index (κ3) is 15.3. The maximum atomic E-state index is 10.3. The minimum Gasteiger partial charge on any atom is -0.550 e. The van der Waals surface area contributed by atoms with E-state index in [0.717, 1.165) is 38.5 Å². The number of aliphatic carboxylic acids is 1. The Kier molecular flexibility index (Phi) is 15.4. The molecule has 0 fully saturated rings. The van der Waals surface area contributed by atoms with Crippen molar-refractivity contribution in [3.63, 3.8) is 0 Å². The van der Waals surface area contributed by atoms with Crippen molar-refractivity contribution < 1.29 is 20.0 Å². The molecule has 4 nitrogen and oxygen atoms in total. The van der Waals surface area contributed by atoms with Gasteiger partial charge >= 0.3 is 0 Å². The van der Waals surface area contributed by atoms with Crippen LogP contribution in [0.5, 0.6) is 0 Å². The van der Waals surface area contributed by atoms with E-state index in [-0.39, 0.29) is 12.5 Å². The number of carboxylic acid groups (broad SMARTS) is 1. The van der Waals surface area contributed by atoms with Crippen LogP contribution >= 0.6 is 0 Å². The maximum Gasteiger partial charge on any atom is 0.111 e. The largest absolute Gasteiger partial charge is 0.550 e. The highest BCUT2D eigenvalue weighted by molar-refractivity contribution is 5.63. The number of hydrogen-bond donors (Lipinski definition) is 1. The fourth-order valence-corrected chi connectivity index (χ4v) is 2.19. The van der Waals surface area contributed by atoms with Gasteiger partial charge in [0.25, 0.3) is 0 Å². The summed E-state index contributed by atoms with van der Waals surface area (Å²) in [5.41, 5.74) is 0. The van der Waals surface area contributed by atoms with Crippen molar-refractivity contribution in [2.75, 3.05) is 0 Å². The number of carbonyl (C=O) groups is 1. The van der Waals surface area contributed by atoms with E-state index in [1.807, 2.05) is 12.2 Å². The summed E-state index contributed by atoms with van der Waals surface area (Å²) in [4.78, 5) is 14.7. The lowest BCUT2D eigenvalue weighted by Gasteiger charge is -2.08. The molecule has 128 valence electrons. The molecular formula is C18H31O4-. The van der Waals surface area contributed by atoms with Crippen LogP contribution in [-0.4, -0.2) is 17.3 Å². The fourth-order valence-electron chi connectivity index (χ4n) is 2.19. The Labute approximate surface area is 134 Å². The van der Waals surface area contributed by atoms with Gasteiger partial charge in [-0.1, -0.05) is 63.3 Å². The van der Waals surface area contributed by atoms with Gasteiger partial charge in [-0.25, -0.2) is 4.89 Å². The van der Waals surface area contributed by atoms with Gasteiger partial charge in [-0.3, -0.25) is 5.26 Å². The second-order valence-electron chi connectivity index (χ2n) is 5.60. The molecule has 0 spiro atoms. The first-order chi connectivity index (χ1) is 10.7. The van der Waals surface area contributed by atoms with E-state index in [9.17, 15) is 9.90 Å². The molecule has 0 bridgehead atoms. The maximum absolute atomic E-state index is 10.3. The van der Waals surface area contributed by atoms with Gasteiger partial charge in [0.05, 0.1) is 0 Å². The summed E-state index contributed by atoms with van der Waals surface area (Å²) in [5, 5.41) is 19.1. The molecule has 0 amide bonds. The van der Waals surface area contributed by atoms with Crippen molar-refractivity contribution in [1.29, 1.82) is 0 Å². The first kappa shape index (κ1) is 20.9. The van der Waals surface area contributed by atoms with Gasteiger partial charge in [0, 0.05) is 5.97 Å². The average molecular weight is 311 g/mol. The molecule has 0 aromatic heterocycles.